The summed E-state index contributed by atoms with van der Waals surface area (Å²) in [5, 5.41) is 9.00. The van der Waals surface area contributed by atoms with E-state index in [0.717, 1.165) is 54.3 Å². The molecule has 0 aromatic rings. The number of fused-ring (bicyclic) bond motifs is 5. The van der Waals surface area contributed by atoms with Gasteiger partial charge in [0, 0.05) is 6.42 Å². The minimum atomic E-state index is -0.635. The maximum Gasteiger partial charge on any atom is 0.303 e. The second-order valence-corrected chi connectivity index (χ2v) is 13.7. The van der Waals surface area contributed by atoms with Crippen molar-refractivity contribution in [2.75, 3.05) is 0 Å². The van der Waals surface area contributed by atoms with E-state index in [1.807, 2.05) is 0 Å². The zero-order valence-corrected chi connectivity index (χ0v) is 22.4. The van der Waals surface area contributed by atoms with Crippen molar-refractivity contribution in [1.82, 2.24) is 0 Å². The van der Waals surface area contributed by atoms with Gasteiger partial charge in [-0.05, 0) is 116 Å². The van der Waals surface area contributed by atoms with Crippen LogP contribution in [0, 0.1) is 52.3 Å². The van der Waals surface area contributed by atoms with Crippen LogP contribution in [0.5, 0.6) is 0 Å². The summed E-state index contributed by atoms with van der Waals surface area (Å²) in [6.07, 6.45) is 20.3. The molecule has 188 valence electrons. The van der Waals surface area contributed by atoms with Crippen molar-refractivity contribution in [2.45, 2.75) is 125 Å². The van der Waals surface area contributed by atoms with Crippen LogP contribution in [0.15, 0.2) is 11.6 Å². The third kappa shape index (κ3) is 4.97. The maximum absolute atomic E-state index is 10.9. The van der Waals surface area contributed by atoms with Crippen LogP contribution in [0.1, 0.15) is 125 Å². The van der Waals surface area contributed by atoms with Gasteiger partial charge in [-0.2, -0.15) is 0 Å². The third-order valence-electron chi connectivity index (χ3n) is 11.4. The molecule has 0 heterocycles. The molecule has 4 aliphatic carbocycles. The minimum Gasteiger partial charge on any atom is -0.481 e. The summed E-state index contributed by atoms with van der Waals surface area (Å²) in [6, 6.07) is 0. The Morgan fingerprint density at radius 3 is 2.55 bits per heavy atom. The smallest absolute Gasteiger partial charge is 0.303 e. The van der Waals surface area contributed by atoms with Gasteiger partial charge in [-0.15, -0.1) is 0 Å². The monoisotopic (exact) mass is 456 g/mol. The van der Waals surface area contributed by atoms with Gasteiger partial charge in [0.2, 0.25) is 0 Å². The molecule has 2 nitrogen and oxygen atoms in total. The molecular weight excluding hydrogens is 404 g/mol. The molecular formula is C31H52O2. The second-order valence-electron chi connectivity index (χ2n) is 13.7. The fraction of sp³-hybridized carbons (Fsp3) is 0.903. The van der Waals surface area contributed by atoms with Crippen LogP contribution in [-0.4, -0.2) is 11.1 Å². The molecule has 0 amide bonds. The van der Waals surface area contributed by atoms with E-state index in [1.165, 1.54) is 70.6 Å². The van der Waals surface area contributed by atoms with Crippen LogP contribution in [0.3, 0.4) is 0 Å². The van der Waals surface area contributed by atoms with E-state index >= 15 is 0 Å². The molecule has 33 heavy (non-hydrogen) atoms. The number of carboxylic acids is 1. The summed E-state index contributed by atoms with van der Waals surface area (Å²) < 4.78 is 0. The first-order chi connectivity index (χ1) is 15.6. The van der Waals surface area contributed by atoms with Crippen molar-refractivity contribution in [1.29, 1.82) is 0 Å². The standard InChI is InChI=1S/C31H52O2/c1-21(2)8-6-9-22(3)26-14-15-27-25-13-12-24-20-23(10-7-11-29(32)33)16-18-30(24,4)28(25)17-19-31(26,27)5/h12,21-23,25-28H,6-11,13-20H2,1-5H3,(H,32,33)/t22-,23?,25?,26-,27?,28?,30+,31-/m1/s1. The molecule has 1 N–H and O–H groups in total. The molecule has 0 aromatic heterocycles. The minimum absolute atomic E-state index is 0.342. The highest BCUT2D eigenvalue weighted by Crippen LogP contribution is 2.67. The Kier molecular flexibility index (Phi) is 7.72. The Balaban J connectivity index is 1.41. The SMILES string of the molecule is CC(C)CCC[C@@H](C)[C@H]1CCC2C3CC=C4CC(CCCC(=O)O)CC[C@]4(C)C3CC[C@@]21C. The number of carbonyl (C=O) groups is 1. The number of carboxylic acid groups (broad SMARTS) is 1. The van der Waals surface area contributed by atoms with E-state index in [-0.39, 0.29) is 0 Å². The largest absolute Gasteiger partial charge is 0.481 e. The van der Waals surface area contributed by atoms with Gasteiger partial charge in [0.05, 0.1) is 0 Å². The van der Waals surface area contributed by atoms with Crippen LogP contribution in [0.25, 0.3) is 0 Å². The van der Waals surface area contributed by atoms with Gasteiger partial charge in [-0.1, -0.05) is 65.5 Å². The van der Waals surface area contributed by atoms with E-state index in [9.17, 15) is 4.79 Å². The molecule has 0 aromatic carbocycles. The van der Waals surface area contributed by atoms with Crippen molar-refractivity contribution in [3.05, 3.63) is 11.6 Å². The summed E-state index contributed by atoms with van der Waals surface area (Å²) in [5.41, 5.74) is 2.76. The number of aliphatic carboxylic acids is 1. The van der Waals surface area contributed by atoms with Crippen molar-refractivity contribution in [3.63, 3.8) is 0 Å². The Bertz CT molecular complexity index is 722. The van der Waals surface area contributed by atoms with E-state index in [2.05, 4.69) is 40.7 Å². The zero-order valence-electron chi connectivity index (χ0n) is 22.4. The van der Waals surface area contributed by atoms with E-state index in [0.29, 0.717) is 17.3 Å². The van der Waals surface area contributed by atoms with Gasteiger partial charge >= 0.3 is 5.97 Å². The number of hydrogen-bond donors (Lipinski definition) is 1. The first-order valence-electron chi connectivity index (χ1n) is 14.6. The summed E-state index contributed by atoms with van der Waals surface area (Å²) in [6.45, 7) is 12.6. The molecule has 0 aliphatic heterocycles. The number of hydrogen-bond acceptors (Lipinski definition) is 1. The Labute approximate surface area is 204 Å². The molecule has 4 unspecified atom stereocenters. The highest BCUT2D eigenvalue weighted by molar-refractivity contribution is 5.66. The third-order valence-corrected chi connectivity index (χ3v) is 11.4. The lowest BCUT2D eigenvalue weighted by molar-refractivity contribution is -0.137. The Hall–Kier alpha value is -0.790. The predicted molar refractivity (Wildman–Crippen MR) is 138 cm³/mol. The molecule has 4 rings (SSSR count). The van der Waals surface area contributed by atoms with Gasteiger partial charge in [-0.3, -0.25) is 4.79 Å². The highest BCUT2D eigenvalue weighted by Gasteiger charge is 2.59. The molecule has 0 bridgehead atoms. The molecule has 3 fully saturated rings. The zero-order chi connectivity index (χ0) is 23.8. The predicted octanol–water partition coefficient (Wildman–Crippen LogP) is 8.90. The van der Waals surface area contributed by atoms with Crippen molar-refractivity contribution < 1.29 is 9.90 Å². The molecule has 0 radical (unpaired) electrons. The lowest BCUT2D eigenvalue weighted by atomic mass is 9.46. The van der Waals surface area contributed by atoms with Gasteiger partial charge in [0.25, 0.3) is 0 Å². The first kappa shape index (κ1) is 25.3. The lowest BCUT2D eigenvalue weighted by Crippen LogP contribution is -2.50. The van der Waals surface area contributed by atoms with Crippen molar-refractivity contribution >= 4 is 5.97 Å². The van der Waals surface area contributed by atoms with Crippen LogP contribution < -0.4 is 0 Å². The van der Waals surface area contributed by atoms with Crippen LogP contribution in [-0.2, 0) is 4.79 Å². The number of rotatable bonds is 9. The first-order valence-corrected chi connectivity index (χ1v) is 14.6. The van der Waals surface area contributed by atoms with Crippen molar-refractivity contribution in [2.24, 2.45) is 52.3 Å². The van der Waals surface area contributed by atoms with Gasteiger partial charge in [-0.25, -0.2) is 0 Å². The van der Waals surface area contributed by atoms with Crippen LogP contribution in [0.2, 0.25) is 0 Å². The molecule has 3 saturated carbocycles. The fourth-order valence-electron chi connectivity index (χ4n) is 9.55. The number of allylic oxidation sites excluding steroid dienone is 2. The van der Waals surface area contributed by atoms with E-state index < -0.39 is 5.97 Å². The summed E-state index contributed by atoms with van der Waals surface area (Å²) in [4.78, 5) is 10.9. The van der Waals surface area contributed by atoms with Gasteiger partial charge in [0.15, 0.2) is 0 Å². The maximum atomic E-state index is 10.9. The van der Waals surface area contributed by atoms with E-state index in [1.54, 1.807) is 5.57 Å². The van der Waals surface area contributed by atoms with Crippen LogP contribution in [0.4, 0.5) is 0 Å². The molecule has 8 atom stereocenters. The lowest BCUT2D eigenvalue weighted by Gasteiger charge is -2.58. The van der Waals surface area contributed by atoms with Crippen LogP contribution >= 0.6 is 0 Å². The average Bonchev–Trinajstić information content (AvgIpc) is 3.10. The Morgan fingerprint density at radius 2 is 1.82 bits per heavy atom. The summed E-state index contributed by atoms with van der Waals surface area (Å²) in [5.74, 6) is 5.51. The molecule has 4 aliphatic rings. The molecule has 0 saturated heterocycles. The summed E-state index contributed by atoms with van der Waals surface area (Å²) in [7, 11) is 0. The van der Waals surface area contributed by atoms with E-state index in [4.69, 9.17) is 5.11 Å². The average molecular weight is 457 g/mol. The van der Waals surface area contributed by atoms with Gasteiger partial charge < -0.3 is 5.11 Å². The van der Waals surface area contributed by atoms with Crippen molar-refractivity contribution in [3.8, 4) is 0 Å². The Morgan fingerprint density at radius 1 is 1.03 bits per heavy atom. The highest BCUT2D eigenvalue weighted by atomic mass is 16.4. The van der Waals surface area contributed by atoms with Gasteiger partial charge in [0.1, 0.15) is 0 Å². The quantitative estimate of drug-likeness (QED) is 0.352. The molecule has 2 heteroatoms. The topological polar surface area (TPSA) is 37.3 Å². The normalized spacial score (nSPS) is 41.2. The summed E-state index contributed by atoms with van der Waals surface area (Å²) >= 11 is 0. The second kappa shape index (κ2) is 10.1. The molecule has 0 spiro atoms. The fourth-order valence-corrected chi connectivity index (χ4v) is 9.55.